The van der Waals surface area contributed by atoms with Crippen LogP contribution in [0.15, 0.2) is 0 Å². The lowest BCUT2D eigenvalue weighted by molar-refractivity contribution is 0.0134. The molecule has 1 saturated heterocycles. The Kier molecular flexibility index (Phi) is 5.07. The van der Waals surface area contributed by atoms with Crippen LogP contribution >= 0.6 is 0 Å². The van der Waals surface area contributed by atoms with E-state index in [1.54, 1.807) is 0 Å². The van der Waals surface area contributed by atoms with Crippen molar-refractivity contribution in [3.8, 4) is 0 Å². The lowest BCUT2D eigenvalue weighted by atomic mass is 10.1. The summed E-state index contributed by atoms with van der Waals surface area (Å²) >= 11 is 0. The van der Waals surface area contributed by atoms with Gasteiger partial charge in [-0.3, -0.25) is 0 Å². The summed E-state index contributed by atoms with van der Waals surface area (Å²) in [5.74, 6) is 0.968. The molecule has 1 aromatic rings. The molecule has 1 atom stereocenters. The minimum Gasteiger partial charge on any atom is -0.394 e. The van der Waals surface area contributed by atoms with Gasteiger partial charge in [-0.05, 0) is 39.0 Å². The standard InChI is InChI=1S/C14H26N4O/c1-3-9-18-14(13(15)11(2)17-18)16-8-7-12-6-4-5-10-19-12/h12,16H,3-10,15H2,1-2H3. The van der Waals surface area contributed by atoms with E-state index in [1.807, 2.05) is 11.6 Å². The predicted molar refractivity (Wildman–Crippen MR) is 78.4 cm³/mol. The Hall–Kier alpha value is -1.23. The van der Waals surface area contributed by atoms with Gasteiger partial charge in [0.25, 0.3) is 0 Å². The van der Waals surface area contributed by atoms with Gasteiger partial charge in [0, 0.05) is 19.7 Å². The van der Waals surface area contributed by atoms with Crippen LogP contribution in [0.4, 0.5) is 11.5 Å². The molecule has 0 saturated carbocycles. The zero-order valence-electron chi connectivity index (χ0n) is 12.1. The molecule has 0 radical (unpaired) electrons. The summed E-state index contributed by atoms with van der Waals surface area (Å²) < 4.78 is 7.71. The smallest absolute Gasteiger partial charge is 0.148 e. The summed E-state index contributed by atoms with van der Waals surface area (Å²) in [4.78, 5) is 0. The van der Waals surface area contributed by atoms with Crippen molar-refractivity contribution in [2.45, 2.75) is 58.6 Å². The highest BCUT2D eigenvalue weighted by Gasteiger charge is 2.15. The van der Waals surface area contributed by atoms with Crippen molar-refractivity contribution in [1.29, 1.82) is 0 Å². The van der Waals surface area contributed by atoms with E-state index >= 15 is 0 Å². The number of nitrogens with zero attached hydrogens (tertiary/aromatic N) is 2. The first kappa shape index (κ1) is 14.2. The third kappa shape index (κ3) is 3.62. The first-order valence-electron chi connectivity index (χ1n) is 7.40. The van der Waals surface area contributed by atoms with E-state index in [0.29, 0.717) is 6.10 Å². The maximum Gasteiger partial charge on any atom is 0.148 e. The Morgan fingerprint density at radius 1 is 1.47 bits per heavy atom. The molecule has 1 unspecified atom stereocenters. The topological polar surface area (TPSA) is 65.1 Å². The number of hydrogen-bond acceptors (Lipinski definition) is 4. The Morgan fingerprint density at radius 3 is 3.00 bits per heavy atom. The van der Waals surface area contributed by atoms with Crippen molar-refractivity contribution in [3.05, 3.63) is 5.69 Å². The van der Waals surface area contributed by atoms with Crippen LogP contribution in [-0.2, 0) is 11.3 Å². The molecule has 2 rings (SSSR count). The van der Waals surface area contributed by atoms with Crippen molar-refractivity contribution >= 4 is 11.5 Å². The summed E-state index contributed by atoms with van der Waals surface area (Å²) in [6.07, 6.45) is 6.19. The number of anilines is 2. The predicted octanol–water partition coefficient (Wildman–Crippen LogP) is 2.55. The number of aryl methyl sites for hydroxylation is 2. The molecular weight excluding hydrogens is 240 g/mol. The van der Waals surface area contributed by atoms with Gasteiger partial charge in [-0.25, -0.2) is 4.68 Å². The highest BCUT2D eigenvalue weighted by Crippen LogP contribution is 2.23. The number of hydrogen-bond donors (Lipinski definition) is 2. The van der Waals surface area contributed by atoms with Gasteiger partial charge in [-0.15, -0.1) is 0 Å². The van der Waals surface area contributed by atoms with Crippen molar-refractivity contribution in [3.63, 3.8) is 0 Å². The zero-order chi connectivity index (χ0) is 13.7. The van der Waals surface area contributed by atoms with Crippen LogP contribution in [0.1, 0.15) is 44.7 Å². The van der Waals surface area contributed by atoms with Crippen LogP contribution in [0.5, 0.6) is 0 Å². The molecule has 19 heavy (non-hydrogen) atoms. The number of ether oxygens (including phenoxy) is 1. The molecule has 0 aromatic carbocycles. The van der Waals surface area contributed by atoms with Gasteiger partial charge >= 0.3 is 0 Å². The molecule has 5 heteroatoms. The monoisotopic (exact) mass is 266 g/mol. The number of rotatable bonds is 6. The second-order valence-electron chi connectivity index (χ2n) is 5.27. The van der Waals surface area contributed by atoms with E-state index in [0.717, 1.165) is 49.7 Å². The maximum absolute atomic E-state index is 6.08. The Balaban J connectivity index is 1.87. The largest absolute Gasteiger partial charge is 0.394 e. The molecule has 1 aromatic heterocycles. The van der Waals surface area contributed by atoms with E-state index in [1.165, 1.54) is 19.3 Å². The number of nitrogens with two attached hydrogens (primary N) is 1. The maximum atomic E-state index is 6.08. The van der Waals surface area contributed by atoms with Gasteiger partial charge in [0.1, 0.15) is 5.82 Å². The highest BCUT2D eigenvalue weighted by atomic mass is 16.5. The van der Waals surface area contributed by atoms with Gasteiger partial charge in [0.2, 0.25) is 0 Å². The van der Waals surface area contributed by atoms with Crippen molar-refractivity contribution in [2.24, 2.45) is 0 Å². The highest BCUT2D eigenvalue weighted by molar-refractivity contribution is 5.64. The summed E-state index contributed by atoms with van der Waals surface area (Å²) in [7, 11) is 0. The number of nitrogen functional groups attached to an aromatic ring is 1. The van der Waals surface area contributed by atoms with Gasteiger partial charge in [-0.1, -0.05) is 6.92 Å². The molecule has 3 N–H and O–H groups in total. The van der Waals surface area contributed by atoms with E-state index in [2.05, 4.69) is 17.3 Å². The van der Waals surface area contributed by atoms with Crippen molar-refractivity contribution < 1.29 is 4.74 Å². The third-order valence-electron chi connectivity index (χ3n) is 3.64. The van der Waals surface area contributed by atoms with Crippen LogP contribution in [0, 0.1) is 6.92 Å². The molecule has 0 amide bonds. The molecular formula is C14H26N4O. The second-order valence-corrected chi connectivity index (χ2v) is 5.27. The quantitative estimate of drug-likeness (QED) is 0.830. The fourth-order valence-electron chi connectivity index (χ4n) is 2.54. The van der Waals surface area contributed by atoms with E-state index in [9.17, 15) is 0 Å². The minimum atomic E-state index is 0.408. The molecule has 0 bridgehead atoms. The summed E-state index contributed by atoms with van der Waals surface area (Å²) in [5, 5.41) is 7.89. The third-order valence-corrected chi connectivity index (χ3v) is 3.64. The second kappa shape index (κ2) is 6.80. The Bertz CT molecular complexity index is 396. The Labute approximate surface area is 115 Å². The van der Waals surface area contributed by atoms with Crippen LogP contribution < -0.4 is 11.1 Å². The molecule has 5 nitrogen and oxygen atoms in total. The molecule has 1 aliphatic heterocycles. The Morgan fingerprint density at radius 2 is 2.32 bits per heavy atom. The fourth-order valence-corrected chi connectivity index (χ4v) is 2.54. The van der Waals surface area contributed by atoms with Gasteiger partial charge in [-0.2, -0.15) is 5.10 Å². The van der Waals surface area contributed by atoms with Gasteiger partial charge in [0.05, 0.1) is 17.5 Å². The molecule has 108 valence electrons. The number of nitrogens with one attached hydrogen (secondary N) is 1. The normalized spacial score (nSPS) is 19.6. The van der Waals surface area contributed by atoms with E-state index in [4.69, 9.17) is 10.5 Å². The molecule has 0 spiro atoms. The first-order valence-corrected chi connectivity index (χ1v) is 7.40. The summed E-state index contributed by atoms with van der Waals surface area (Å²) in [6, 6.07) is 0. The van der Waals surface area contributed by atoms with E-state index in [-0.39, 0.29) is 0 Å². The van der Waals surface area contributed by atoms with Crippen molar-refractivity contribution in [2.75, 3.05) is 24.2 Å². The SMILES string of the molecule is CCCn1nc(C)c(N)c1NCCC1CCCCO1. The fraction of sp³-hybridized carbons (Fsp3) is 0.786. The van der Waals surface area contributed by atoms with Gasteiger partial charge < -0.3 is 15.8 Å². The minimum absolute atomic E-state index is 0.408. The summed E-state index contributed by atoms with van der Waals surface area (Å²) in [6.45, 7) is 6.81. The van der Waals surface area contributed by atoms with Crippen LogP contribution in [0.2, 0.25) is 0 Å². The van der Waals surface area contributed by atoms with Crippen LogP contribution in [0.3, 0.4) is 0 Å². The lowest BCUT2D eigenvalue weighted by Crippen LogP contribution is -2.22. The van der Waals surface area contributed by atoms with Crippen molar-refractivity contribution in [1.82, 2.24) is 9.78 Å². The van der Waals surface area contributed by atoms with E-state index < -0.39 is 0 Å². The molecule has 1 fully saturated rings. The lowest BCUT2D eigenvalue weighted by Gasteiger charge is -2.22. The molecule has 2 heterocycles. The average Bonchev–Trinajstić information content (AvgIpc) is 2.68. The number of aromatic nitrogens is 2. The first-order chi connectivity index (χ1) is 9.22. The van der Waals surface area contributed by atoms with Crippen LogP contribution in [0.25, 0.3) is 0 Å². The molecule has 1 aliphatic rings. The average molecular weight is 266 g/mol. The van der Waals surface area contributed by atoms with Crippen LogP contribution in [-0.4, -0.2) is 29.0 Å². The zero-order valence-corrected chi connectivity index (χ0v) is 12.1. The summed E-state index contributed by atoms with van der Waals surface area (Å²) in [5.41, 5.74) is 7.76. The molecule has 0 aliphatic carbocycles. The van der Waals surface area contributed by atoms with Gasteiger partial charge in [0.15, 0.2) is 0 Å².